The lowest BCUT2D eigenvalue weighted by molar-refractivity contribution is -0.120. The third-order valence-corrected chi connectivity index (χ3v) is 3.76. The van der Waals surface area contributed by atoms with Crippen LogP contribution in [0.25, 0.3) is 0 Å². The fourth-order valence-electron chi connectivity index (χ4n) is 2.01. The Labute approximate surface area is 161 Å². The van der Waals surface area contributed by atoms with Crippen LogP contribution in [0.5, 0.6) is 5.75 Å². The third kappa shape index (κ3) is 5.75. The summed E-state index contributed by atoms with van der Waals surface area (Å²) in [7, 11) is 0. The van der Waals surface area contributed by atoms with E-state index in [0.717, 1.165) is 5.56 Å². The number of nitrogens with one attached hydrogen (secondary N) is 2. The molecule has 0 heterocycles. The molecule has 0 radical (unpaired) electrons. The van der Waals surface area contributed by atoms with Crippen molar-refractivity contribution in [3.8, 4) is 5.75 Å². The number of ether oxygens (including phenoxy) is 1. The standard InChI is InChI=1S/C18H17Cl2N3O3/c1-2-26-16-6-4-3-5-12(16)10-22-23-17(24)11-21-18(25)14-9-13(19)7-8-15(14)20/h3-10H,2,11H2,1H3,(H,21,25)(H,23,24)/b22-10-. The van der Waals surface area contributed by atoms with E-state index in [-0.39, 0.29) is 17.1 Å². The maximum absolute atomic E-state index is 12.0. The third-order valence-electron chi connectivity index (χ3n) is 3.19. The summed E-state index contributed by atoms with van der Waals surface area (Å²) in [5.74, 6) is -0.322. The number of hydrogen-bond acceptors (Lipinski definition) is 4. The number of halogens is 2. The van der Waals surface area contributed by atoms with E-state index in [1.165, 1.54) is 18.3 Å². The summed E-state index contributed by atoms with van der Waals surface area (Å²) in [5.41, 5.74) is 3.26. The van der Waals surface area contributed by atoms with Gasteiger partial charge in [-0.05, 0) is 37.3 Å². The Kier molecular flexibility index (Phi) is 7.44. The van der Waals surface area contributed by atoms with Crippen LogP contribution < -0.4 is 15.5 Å². The van der Waals surface area contributed by atoms with Crippen LogP contribution in [0.3, 0.4) is 0 Å². The average Bonchev–Trinajstić information content (AvgIpc) is 2.63. The van der Waals surface area contributed by atoms with E-state index in [9.17, 15) is 9.59 Å². The fourth-order valence-corrected chi connectivity index (χ4v) is 2.39. The van der Waals surface area contributed by atoms with E-state index in [1.807, 2.05) is 31.2 Å². The van der Waals surface area contributed by atoms with Crippen molar-refractivity contribution in [2.45, 2.75) is 6.92 Å². The van der Waals surface area contributed by atoms with Crippen LogP contribution >= 0.6 is 23.2 Å². The maximum atomic E-state index is 12.0. The predicted octanol–water partition coefficient (Wildman–Crippen LogP) is 3.27. The van der Waals surface area contributed by atoms with Gasteiger partial charge >= 0.3 is 0 Å². The SMILES string of the molecule is CCOc1ccccc1/C=N\NC(=O)CNC(=O)c1cc(Cl)ccc1Cl. The first-order valence-electron chi connectivity index (χ1n) is 7.78. The van der Waals surface area contributed by atoms with Gasteiger partial charge in [-0.1, -0.05) is 35.3 Å². The van der Waals surface area contributed by atoms with Crippen LogP contribution in [0, 0.1) is 0 Å². The number of benzene rings is 2. The van der Waals surface area contributed by atoms with Crippen molar-refractivity contribution in [1.29, 1.82) is 0 Å². The molecule has 2 aromatic carbocycles. The summed E-state index contributed by atoms with van der Waals surface area (Å²) < 4.78 is 5.46. The number of carbonyl (C=O) groups excluding carboxylic acids is 2. The molecule has 0 saturated carbocycles. The number of hydrogen-bond donors (Lipinski definition) is 2. The molecule has 8 heteroatoms. The second-order valence-corrected chi connectivity index (χ2v) is 5.91. The molecule has 0 atom stereocenters. The summed E-state index contributed by atoms with van der Waals surface area (Å²) in [6, 6.07) is 11.8. The molecule has 2 amide bonds. The summed E-state index contributed by atoms with van der Waals surface area (Å²) in [6.07, 6.45) is 1.47. The van der Waals surface area contributed by atoms with Gasteiger partial charge in [0.05, 0.1) is 30.0 Å². The highest BCUT2D eigenvalue weighted by atomic mass is 35.5. The first kappa shape index (κ1) is 19.8. The molecule has 0 aliphatic heterocycles. The molecule has 0 aliphatic rings. The fraction of sp³-hybridized carbons (Fsp3) is 0.167. The minimum atomic E-state index is -0.502. The van der Waals surface area contributed by atoms with E-state index in [0.29, 0.717) is 17.4 Å². The molecule has 0 fully saturated rings. The summed E-state index contributed by atoms with van der Waals surface area (Å²) in [6.45, 7) is 2.14. The minimum absolute atomic E-state index is 0.195. The zero-order chi connectivity index (χ0) is 18.9. The highest BCUT2D eigenvalue weighted by molar-refractivity contribution is 6.35. The van der Waals surface area contributed by atoms with E-state index < -0.39 is 11.8 Å². The van der Waals surface area contributed by atoms with Gasteiger partial charge in [0.25, 0.3) is 11.8 Å². The number of rotatable bonds is 7. The van der Waals surface area contributed by atoms with Crippen molar-refractivity contribution in [2.24, 2.45) is 5.10 Å². The number of carbonyl (C=O) groups is 2. The average molecular weight is 394 g/mol. The molecular formula is C18H17Cl2N3O3. The largest absolute Gasteiger partial charge is 0.493 e. The molecule has 0 aliphatic carbocycles. The molecule has 0 aromatic heterocycles. The van der Waals surface area contributed by atoms with Crippen molar-refractivity contribution >= 4 is 41.2 Å². The van der Waals surface area contributed by atoms with Crippen LogP contribution in [0.15, 0.2) is 47.6 Å². The van der Waals surface area contributed by atoms with Gasteiger partial charge in [0.2, 0.25) is 0 Å². The van der Waals surface area contributed by atoms with Gasteiger partial charge in [0.15, 0.2) is 0 Å². The van der Waals surface area contributed by atoms with Crippen LogP contribution in [-0.4, -0.2) is 31.2 Å². The molecule has 136 valence electrons. The smallest absolute Gasteiger partial charge is 0.259 e. The van der Waals surface area contributed by atoms with Crippen LogP contribution in [-0.2, 0) is 4.79 Å². The number of nitrogens with zero attached hydrogens (tertiary/aromatic N) is 1. The number of para-hydroxylation sites is 1. The van der Waals surface area contributed by atoms with E-state index in [2.05, 4.69) is 15.8 Å². The first-order valence-corrected chi connectivity index (χ1v) is 8.54. The van der Waals surface area contributed by atoms with Gasteiger partial charge in [0.1, 0.15) is 5.75 Å². The molecule has 0 unspecified atom stereocenters. The molecule has 26 heavy (non-hydrogen) atoms. The Morgan fingerprint density at radius 2 is 1.96 bits per heavy atom. The Balaban J connectivity index is 1.87. The quantitative estimate of drug-likeness (QED) is 0.559. The molecule has 6 nitrogen and oxygen atoms in total. The Bertz CT molecular complexity index is 825. The van der Waals surface area contributed by atoms with Crippen LogP contribution in [0.4, 0.5) is 0 Å². The van der Waals surface area contributed by atoms with E-state index >= 15 is 0 Å². The van der Waals surface area contributed by atoms with Crippen molar-refractivity contribution < 1.29 is 14.3 Å². The van der Waals surface area contributed by atoms with Crippen molar-refractivity contribution in [1.82, 2.24) is 10.7 Å². The predicted molar refractivity (Wildman–Crippen MR) is 102 cm³/mol. The minimum Gasteiger partial charge on any atom is -0.493 e. The van der Waals surface area contributed by atoms with Crippen molar-refractivity contribution in [2.75, 3.05) is 13.2 Å². The van der Waals surface area contributed by atoms with Gasteiger partial charge in [-0.2, -0.15) is 5.10 Å². The lowest BCUT2D eigenvalue weighted by Gasteiger charge is -2.07. The summed E-state index contributed by atoms with van der Waals surface area (Å²) in [4.78, 5) is 23.8. The Morgan fingerprint density at radius 1 is 1.19 bits per heavy atom. The Hall–Kier alpha value is -2.57. The summed E-state index contributed by atoms with van der Waals surface area (Å²) >= 11 is 11.8. The molecule has 0 bridgehead atoms. The van der Waals surface area contributed by atoms with Crippen LogP contribution in [0.1, 0.15) is 22.8 Å². The second-order valence-electron chi connectivity index (χ2n) is 5.07. The van der Waals surface area contributed by atoms with E-state index in [4.69, 9.17) is 27.9 Å². The van der Waals surface area contributed by atoms with Gasteiger partial charge in [-0.3, -0.25) is 9.59 Å². The number of hydrazone groups is 1. The lowest BCUT2D eigenvalue weighted by Crippen LogP contribution is -2.35. The second kappa shape index (κ2) is 9.79. The lowest BCUT2D eigenvalue weighted by atomic mass is 10.2. The molecule has 0 spiro atoms. The number of amides is 2. The molecule has 2 rings (SSSR count). The van der Waals surface area contributed by atoms with Crippen molar-refractivity contribution in [3.63, 3.8) is 0 Å². The van der Waals surface area contributed by atoms with Crippen molar-refractivity contribution in [3.05, 3.63) is 63.6 Å². The van der Waals surface area contributed by atoms with Gasteiger partial charge in [-0.25, -0.2) is 5.43 Å². The van der Waals surface area contributed by atoms with E-state index in [1.54, 1.807) is 6.07 Å². The highest BCUT2D eigenvalue weighted by Gasteiger charge is 2.12. The van der Waals surface area contributed by atoms with Gasteiger partial charge < -0.3 is 10.1 Å². The molecular weight excluding hydrogens is 377 g/mol. The topological polar surface area (TPSA) is 79.8 Å². The molecule has 2 N–H and O–H groups in total. The van der Waals surface area contributed by atoms with Crippen LogP contribution in [0.2, 0.25) is 10.0 Å². The summed E-state index contributed by atoms with van der Waals surface area (Å²) in [5, 5.41) is 6.94. The normalized spacial score (nSPS) is 10.6. The zero-order valence-corrected chi connectivity index (χ0v) is 15.5. The molecule has 0 saturated heterocycles. The van der Waals surface area contributed by atoms with Gasteiger partial charge in [-0.15, -0.1) is 0 Å². The highest BCUT2D eigenvalue weighted by Crippen LogP contribution is 2.20. The first-order chi connectivity index (χ1) is 12.5. The Morgan fingerprint density at radius 3 is 2.73 bits per heavy atom. The molecule has 2 aromatic rings. The van der Waals surface area contributed by atoms with Gasteiger partial charge in [0, 0.05) is 10.6 Å². The zero-order valence-electron chi connectivity index (χ0n) is 14.0. The monoisotopic (exact) mass is 393 g/mol. The maximum Gasteiger partial charge on any atom is 0.259 e.